The van der Waals surface area contributed by atoms with Gasteiger partial charge in [-0.25, -0.2) is 4.79 Å². The minimum Gasteiger partial charge on any atom is -0.394 e. The molecule has 1 aromatic rings. The molecule has 0 aliphatic carbocycles. The van der Waals surface area contributed by atoms with Gasteiger partial charge in [-0.05, 0) is 0 Å². The standard InChI is InChI=1S/C9H12N2O6.NOP/c12-3-4-6(14)7(15)8(17-4)11-2-1-5(13)10-9(11)16;1-3-2/h1-2,4,6-8,12,14-15H,3H2,(H,10,13,16);/t4-,6-,7-,8-;/m1./s1. The third-order valence-electron chi connectivity index (χ3n) is 2.64. The molecule has 1 saturated heterocycles. The summed E-state index contributed by atoms with van der Waals surface area (Å²) in [6.07, 6.45) is -3.58. The van der Waals surface area contributed by atoms with Crippen molar-refractivity contribution in [3.63, 3.8) is 0 Å². The average Bonchev–Trinajstić information content (AvgIpc) is 2.67. The number of H-pyrrole nitrogens is 1. The van der Waals surface area contributed by atoms with Crippen molar-refractivity contribution in [2.75, 3.05) is 6.61 Å². The van der Waals surface area contributed by atoms with Crippen molar-refractivity contribution < 1.29 is 24.6 Å². The van der Waals surface area contributed by atoms with Crippen molar-refractivity contribution in [2.24, 2.45) is 0 Å². The Hall–Kier alpha value is -1.54. The molecule has 0 spiro atoms. The fourth-order valence-electron chi connectivity index (χ4n) is 1.74. The number of hydrogen-bond acceptors (Lipinski definition) is 8. The van der Waals surface area contributed by atoms with Crippen LogP contribution in [-0.2, 0) is 9.30 Å². The summed E-state index contributed by atoms with van der Waals surface area (Å²) in [7, 11) is -0.833. The molecule has 0 aromatic carbocycles. The van der Waals surface area contributed by atoms with E-state index in [0.717, 1.165) is 16.8 Å². The summed E-state index contributed by atoms with van der Waals surface area (Å²) in [5.74, 6) is 0. The summed E-state index contributed by atoms with van der Waals surface area (Å²) in [6, 6.07) is 1.09. The quantitative estimate of drug-likeness (QED) is 0.451. The molecule has 1 aromatic heterocycles. The maximum atomic E-state index is 11.4. The first kappa shape index (κ1) is 16.5. The van der Waals surface area contributed by atoms with Gasteiger partial charge >= 0.3 is 23.4 Å². The van der Waals surface area contributed by atoms with E-state index < -0.39 is 50.5 Å². The monoisotopic (exact) mass is 305 g/mol. The Morgan fingerprint density at radius 3 is 2.45 bits per heavy atom. The molecule has 2 heterocycles. The fourth-order valence-corrected chi connectivity index (χ4v) is 1.74. The topological polar surface area (TPSA) is 166 Å². The molecule has 0 saturated carbocycles. The van der Waals surface area contributed by atoms with Crippen molar-refractivity contribution in [1.29, 1.82) is 5.00 Å². The van der Waals surface area contributed by atoms with Gasteiger partial charge in [-0.2, -0.15) is 0 Å². The Bertz CT molecular complexity index is 641. The summed E-state index contributed by atoms with van der Waals surface area (Å²) >= 11 is 0. The molecule has 110 valence electrons. The number of aromatic amines is 1. The molecular weight excluding hydrogens is 293 g/mol. The molecule has 0 unspecified atom stereocenters. The molecule has 4 N–H and O–H groups in total. The zero-order chi connectivity index (χ0) is 15.3. The summed E-state index contributed by atoms with van der Waals surface area (Å²) < 4.78 is 14.5. The molecule has 10 nitrogen and oxygen atoms in total. The van der Waals surface area contributed by atoms with E-state index in [1.54, 1.807) is 0 Å². The van der Waals surface area contributed by atoms with Gasteiger partial charge in [-0.3, -0.25) is 14.3 Å². The van der Waals surface area contributed by atoms with Gasteiger partial charge in [0.1, 0.15) is 18.3 Å². The molecule has 1 aliphatic heterocycles. The number of hydrogen-bond donors (Lipinski definition) is 4. The minimum atomic E-state index is -1.35. The van der Waals surface area contributed by atoms with Crippen LogP contribution in [0.5, 0.6) is 0 Å². The van der Waals surface area contributed by atoms with Crippen LogP contribution in [0.2, 0.25) is 0 Å². The van der Waals surface area contributed by atoms with Crippen molar-refractivity contribution in [3.8, 4) is 0 Å². The van der Waals surface area contributed by atoms with Crippen molar-refractivity contribution in [1.82, 2.24) is 9.55 Å². The average molecular weight is 305 g/mol. The van der Waals surface area contributed by atoms with Crippen molar-refractivity contribution in [2.45, 2.75) is 24.5 Å². The molecule has 0 radical (unpaired) electrons. The largest absolute Gasteiger partial charge is 0.394 e. The van der Waals surface area contributed by atoms with Gasteiger partial charge in [0.05, 0.1) is 6.61 Å². The Labute approximate surface area is 112 Å². The summed E-state index contributed by atoms with van der Waals surface area (Å²) in [6.45, 7) is -0.479. The molecule has 0 amide bonds. The predicted octanol–water partition coefficient (Wildman–Crippen LogP) is -2.09. The number of nitrogens with zero attached hydrogens (tertiary/aromatic N) is 2. The van der Waals surface area contributed by atoms with Crippen molar-refractivity contribution in [3.05, 3.63) is 33.1 Å². The molecule has 4 atom stereocenters. The van der Waals surface area contributed by atoms with Gasteiger partial charge < -0.3 is 20.1 Å². The van der Waals surface area contributed by atoms with E-state index >= 15 is 0 Å². The minimum absolute atomic E-state index is 0.479. The second-order valence-electron chi connectivity index (χ2n) is 3.83. The predicted molar refractivity (Wildman–Crippen MR) is 63.7 cm³/mol. The number of aliphatic hydroxyl groups is 3. The number of nitrogens with one attached hydrogen (secondary N) is 1. The van der Waals surface area contributed by atoms with Crippen LogP contribution < -0.4 is 11.2 Å². The van der Waals surface area contributed by atoms with Crippen molar-refractivity contribution >= 4 is 8.10 Å². The zero-order valence-electron chi connectivity index (χ0n) is 9.99. The molecule has 0 bridgehead atoms. The number of aliphatic hydroxyl groups excluding tert-OH is 3. The zero-order valence-corrected chi connectivity index (χ0v) is 10.9. The summed E-state index contributed by atoms with van der Waals surface area (Å²) in [5, 5.41) is 35.1. The second-order valence-corrected chi connectivity index (χ2v) is 3.99. The second kappa shape index (κ2) is 7.30. The maximum absolute atomic E-state index is 11.4. The Kier molecular flexibility index (Phi) is 6.03. The van der Waals surface area contributed by atoms with E-state index in [0.29, 0.717) is 0 Å². The van der Waals surface area contributed by atoms with E-state index in [-0.39, 0.29) is 0 Å². The molecule has 20 heavy (non-hydrogen) atoms. The van der Waals surface area contributed by atoms with Crippen LogP contribution in [0.15, 0.2) is 21.9 Å². The van der Waals surface area contributed by atoms with Crippen LogP contribution in [0.3, 0.4) is 0 Å². The third kappa shape index (κ3) is 3.51. The smallest absolute Gasteiger partial charge is 0.330 e. The van der Waals surface area contributed by atoms with E-state index in [2.05, 4.69) is 0 Å². The van der Waals surface area contributed by atoms with Crippen LogP contribution in [0.4, 0.5) is 0 Å². The fraction of sp³-hybridized carbons (Fsp3) is 0.556. The molecule has 2 rings (SSSR count). The van der Waals surface area contributed by atoms with Crippen LogP contribution in [-0.4, -0.2) is 49.8 Å². The summed E-state index contributed by atoms with van der Waals surface area (Å²) in [5.41, 5.74) is -1.33. The molecule has 1 fully saturated rings. The first-order valence-corrected chi connectivity index (χ1v) is 6.13. The van der Waals surface area contributed by atoms with Gasteiger partial charge in [0.2, 0.25) is 0 Å². The summed E-state index contributed by atoms with van der Waals surface area (Å²) in [4.78, 5) is 24.3. The molecular formula is C9H12N3O7P. The third-order valence-corrected chi connectivity index (χ3v) is 2.64. The van der Waals surface area contributed by atoms with E-state index in [9.17, 15) is 19.8 Å². The van der Waals surface area contributed by atoms with Gasteiger partial charge in [0.25, 0.3) is 5.56 Å². The first-order chi connectivity index (χ1) is 9.46. The van der Waals surface area contributed by atoms with Crippen LogP contribution in [0.1, 0.15) is 6.23 Å². The van der Waals surface area contributed by atoms with Crippen LogP contribution >= 0.6 is 8.10 Å². The van der Waals surface area contributed by atoms with Crippen LogP contribution in [0, 0.1) is 5.00 Å². The SMILES string of the molecule is N#P=O.O=c1ccn([C@@H]2O[C@H](CO)[C@@H](O)[C@H]2O)c(=O)[nH]1. The Morgan fingerprint density at radius 1 is 1.40 bits per heavy atom. The Morgan fingerprint density at radius 2 is 2.00 bits per heavy atom. The van der Waals surface area contributed by atoms with Crippen LogP contribution in [0.25, 0.3) is 0 Å². The molecule has 11 heteroatoms. The Balaban J connectivity index is 0.000000612. The maximum Gasteiger partial charge on any atom is 0.330 e. The number of rotatable bonds is 2. The molecule has 1 aliphatic rings. The number of ether oxygens (including phenoxy) is 1. The van der Waals surface area contributed by atoms with Gasteiger partial charge in [0, 0.05) is 12.3 Å². The van der Waals surface area contributed by atoms with E-state index in [1.165, 1.54) is 0 Å². The van der Waals surface area contributed by atoms with E-state index in [4.69, 9.17) is 19.4 Å². The normalized spacial score (nSPS) is 28.5. The first-order valence-electron chi connectivity index (χ1n) is 5.37. The van der Waals surface area contributed by atoms with Gasteiger partial charge in [0.15, 0.2) is 6.23 Å². The van der Waals surface area contributed by atoms with Gasteiger partial charge in [-0.15, -0.1) is 0 Å². The van der Waals surface area contributed by atoms with E-state index in [1.807, 2.05) is 4.98 Å². The van der Waals surface area contributed by atoms with Gasteiger partial charge in [-0.1, -0.05) is 0 Å². The number of aromatic nitrogens is 2.